The third-order valence-corrected chi connectivity index (χ3v) is 3.88. The minimum Gasteiger partial charge on any atom is -0.387 e. The van der Waals surface area contributed by atoms with Crippen molar-refractivity contribution in [2.75, 3.05) is 33.2 Å². The summed E-state index contributed by atoms with van der Waals surface area (Å²) in [5.74, 6) is 0. The Kier molecular flexibility index (Phi) is 5.37. The zero-order valence-electron chi connectivity index (χ0n) is 11.9. The third kappa shape index (κ3) is 4.94. The summed E-state index contributed by atoms with van der Waals surface area (Å²) in [5.41, 5.74) is 0.914. The van der Waals surface area contributed by atoms with Crippen molar-refractivity contribution in [3.8, 4) is 0 Å². The molecule has 3 heteroatoms. The van der Waals surface area contributed by atoms with Crippen molar-refractivity contribution in [2.24, 2.45) is 0 Å². The van der Waals surface area contributed by atoms with E-state index in [9.17, 15) is 5.11 Å². The Morgan fingerprint density at radius 3 is 2.74 bits per heavy atom. The highest BCUT2D eigenvalue weighted by Crippen LogP contribution is 2.15. The summed E-state index contributed by atoms with van der Waals surface area (Å²) in [6.45, 7) is 3.53. The minimum atomic E-state index is -0.506. The molecule has 0 amide bonds. The lowest BCUT2D eigenvalue weighted by molar-refractivity contribution is 0.0280. The van der Waals surface area contributed by atoms with Crippen LogP contribution in [0.25, 0.3) is 0 Å². The molecule has 0 bridgehead atoms. The van der Waals surface area contributed by atoms with Gasteiger partial charge in [-0.1, -0.05) is 30.3 Å². The molecule has 1 heterocycles. The Morgan fingerprint density at radius 2 is 2.05 bits per heavy atom. The molecule has 1 fully saturated rings. The minimum absolute atomic E-state index is 0.506. The molecule has 3 nitrogen and oxygen atoms in total. The van der Waals surface area contributed by atoms with Gasteiger partial charge in [0.2, 0.25) is 0 Å². The van der Waals surface area contributed by atoms with Gasteiger partial charge in [-0.15, -0.1) is 0 Å². The number of nitrogens with one attached hydrogen (secondary N) is 1. The molecule has 19 heavy (non-hydrogen) atoms. The topological polar surface area (TPSA) is 35.5 Å². The number of aliphatic hydroxyl groups is 1. The average Bonchev–Trinajstić information content (AvgIpc) is 2.82. The molecule has 1 unspecified atom stereocenters. The van der Waals surface area contributed by atoms with Crippen molar-refractivity contribution in [3.63, 3.8) is 0 Å². The quantitative estimate of drug-likeness (QED) is 0.734. The first kappa shape index (κ1) is 14.5. The first-order valence-corrected chi connectivity index (χ1v) is 7.34. The van der Waals surface area contributed by atoms with Crippen molar-refractivity contribution < 1.29 is 5.11 Å². The summed E-state index contributed by atoms with van der Waals surface area (Å²) >= 11 is 0. The number of aryl methyl sites for hydroxylation is 1. The molecule has 106 valence electrons. The van der Waals surface area contributed by atoms with Gasteiger partial charge in [-0.25, -0.2) is 0 Å². The molecule has 1 aliphatic heterocycles. The van der Waals surface area contributed by atoms with E-state index in [0.717, 1.165) is 39.0 Å². The van der Waals surface area contributed by atoms with Crippen LogP contribution in [0.15, 0.2) is 30.3 Å². The lowest BCUT2D eigenvalue weighted by Crippen LogP contribution is -2.43. The van der Waals surface area contributed by atoms with Gasteiger partial charge >= 0.3 is 0 Å². The zero-order valence-corrected chi connectivity index (χ0v) is 11.9. The van der Waals surface area contributed by atoms with Gasteiger partial charge in [-0.05, 0) is 51.4 Å². The van der Waals surface area contributed by atoms with Crippen LogP contribution in [-0.4, -0.2) is 48.8 Å². The maximum absolute atomic E-state index is 10.3. The number of hydrogen-bond donors (Lipinski definition) is 2. The second-order valence-corrected chi connectivity index (χ2v) is 5.83. The predicted octanol–water partition coefficient (Wildman–Crippen LogP) is 1.67. The largest absolute Gasteiger partial charge is 0.387 e. The van der Waals surface area contributed by atoms with Crippen LogP contribution in [0, 0.1) is 0 Å². The number of β-amino-alcohol motifs (C(OH)–C–C–N with tert-alkyl or cyclic N) is 1. The first-order chi connectivity index (χ1) is 9.18. The number of rotatable bonds is 7. The Morgan fingerprint density at radius 1 is 1.26 bits per heavy atom. The smallest absolute Gasteiger partial charge is 0.0909 e. The molecule has 1 aromatic carbocycles. The van der Waals surface area contributed by atoms with E-state index in [-0.39, 0.29) is 0 Å². The summed E-state index contributed by atoms with van der Waals surface area (Å²) in [6.07, 6.45) is 4.43. The fraction of sp³-hybridized carbons (Fsp3) is 0.625. The van der Waals surface area contributed by atoms with E-state index >= 15 is 0 Å². The van der Waals surface area contributed by atoms with Gasteiger partial charge in [0.15, 0.2) is 0 Å². The van der Waals surface area contributed by atoms with Crippen molar-refractivity contribution >= 4 is 0 Å². The van der Waals surface area contributed by atoms with E-state index < -0.39 is 5.60 Å². The first-order valence-electron chi connectivity index (χ1n) is 7.34. The second-order valence-electron chi connectivity index (χ2n) is 5.83. The van der Waals surface area contributed by atoms with E-state index in [1.165, 1.54) is 18.4 Å². The summed E-state index contributed by atoms with van der Waals surface area (Å²) in [6, 6.07) is 10.6. The summed E-state index contributed by atoms with van der Waals surface area (Å²) in [5, 5.41) is 13.5. The molecule has 1 aliphatic rings. The molecule has 0 spiro atoms. The van der Waals surface area contributed by atoms with Crippen LogP contribution in [0.4, 0.5) is 0 Å². The van der Waals surface area contributed by atoms with Crippen LogP contribution >= 0.6 is 0 Å². The monoisotopic (exact) mass is 262 g/mol. The Labute approximate surface area is 116 Å². The number of unbranched alkanes of at least 4 members (excludes halogenated alkanes) is 1. The number of hydrogen-bond acceptors (Lipinski definition) is 3. The third-order valence-electron chi connectivity index (χ3n) is 3.88. The van der Waals surface area contributed by atoms with Gasteiger partial charge < -0.3 is 15.3 Å². The lowest BCUT2D eigenvalue weighted by Gasteiger charge is -2.27. The van der Waals surface area contributed by atoms with Crippen LogP contribution in [0.2, 0.25) is 0 Å². The molecule has 0 saturated carbocycles. The Balaban J connectivity index is 1.60. The standard InChI is InChI=1S/C16H26N2O/c1-18(14-16(19)10-11-17-13-16)12-6-5-9-15-7-3-2-4-8-15/h2-4,7-8,17,19H,5-6,9-14H2,1H3. The highest BCUT2D eigenvalue weighted by atomic mass is 16.3. The van der Waals surface area contributed by atoms with E-state index in [1.54, 1.807) is 0 Å². The van der Waals surface area contributed by atoms with Gasteiger partial charge in [0.25, 0.3) is 0 Å². The van der Waals surface area contributed by atoms with Gasteiger partial charge in [-0.2, -0.15) is 0 Å². The van der Waals surface area contributed by atoms with Crippen molar-refractivity contribution in [1.82, 2.24) is 10.2 Å². The van der Waals surface area contributed by atoms with Crippen molar-refractivity contribution in [3.05, 3.63) is 35.9 Å². The lowest BCUT2D eigenvalue weighted by atomic mass is 10.0. The maximum Gasteiger partial charge on any atom is 0.0909 e. The summed E-state index contributed by atoms with van der Waals surface area (Å²) in [7, 11) is 2.11. The highest BCUT2D eigenvalue weighted by Gasteiger charge is 2.31. The number of nitrogens with zero attached hydrogens (tertiary/aromatic N) is 1. The summed E-state index contributed by atoms with van der Waals surface area (Å²) in [4.78, 5) is 2.26. The maximum atomic E-state index is 10.3. The van der Waals surface area contributed by atoms with Crippen molar-refractivity contribution in [2.45, 2.75) is 31.3 Å². The summed E-state index contributed by atoms with van der Waals surface area (Å²) < 4.78 is 0. The fourth-order valence-corrected chi connectivity index (χ4v) is 2.80. The molecule has 0 aliphatic carbocycles. The van der Waals surface area contributed by atoms with Gasteiger partial charge in [0.05, 0.1) is 5.60 Å². The van der Waals surface area contributed by atoms with Crippen LogP contribution in [0.5, 0.6) is 0 Å². The number of likely N-dealkylation sites (N-methyl/N-ethyl adjacent to an activating group) is 1. The molecule has 0 radical (unpaired) electrons. The molecule has 2 N–H and O–H groups in total. The Hall–Kier alpha value is -0.900. The molecule has 1 aromatic rings. The van der Waals surface area contributed by atoms with Gasteiger partial charge in [-0.3, -0.25) is 0 Å². The normalized spacial score (nSPS) is 23.1. The molecule has 0 aromatic heterocycles. The van der Waals surface area contributed by atoms with Gasteiger partial charge in [0.1, 0.15) is 0 Å². The average molecular weight is 262 g/mol. The van der Waals surface area contributed by atoms with Crippen LogP contribution < -0.4 is 5.32 Å². The molecule has 1 atom stereocenters. The number of benzene rings is 1. The molecule has 1 saturated heterocycles. The molecular formula is C16H26N2O. The van der Waals surface area contributed by atoms with Crippen LogP contribution in [-0.2, 0) is 6.42 Å². The Bertz CT molecular complexity index is 360. The van der Waals surface area contributed by atoms with E-state index in [4.69, 9.17) is 0 Å². The van der Waals surface area contributed by atoms with Crippen LogP contribution in [0.3, 0.4) is 0 Å². The molecule has 2 rings (SSSR count). The highest BCUT2D eigenvalue weighted by molar-refractivity contribution is 5.14. The molecular weight excluding hydrogens is 236 g/mol. The van der Waals surface area contributed by atoms with Crippen molar-refractivity contribution in [1.29, 1.82) is 0 Å². The fourth-order valence-electron chi connectivity index (χ4n) is 2.80. The van der Waals surface area contributed by atoms with Gasteiger partial charge in [0, 0.05) is 13.1 Å². The second kappa shape index (κ2) is 7.04. The zero-order chi connectivity index (χ0) is 13.6. The predicted molar refractivity (Wildman–Crippen MR) is 79.3 cm³/mol. The van der Waals surface area contributed by atoms with E-state index in [2.05, 4.69) is 47.6 Å². The van der Waals surface area contributed by atoms with E-state index in [0.29, 0.717) is 0 Å². The SMILES string of the molecule is CN(CCCCc1ccccc1)CC1(O)CCNC1. The van der Waals surface area contributed by atoms with Crippen LogP contribution in [0.1, 0.15) is 24.8 Å². The van der Waals surface area contributed by atoms with E-state index in [1.807, 2.05) is 0 Å².